The minimum Gasteiger partial charge on any atom is -0.744 e. The molecule has 0 aliphatic heterocycles. The molecule has 0 fully saturated rings. The van der Waals surface area contributed by atoms with Crippen molar-refractivity contribution in [2.24, 2.45) is 0 Å². The zero-order chi connectivity index (χ0) is 16.9. The topological polar surface area (TPSA) is 158 Å². The summed E-state index contributed by atoms with van der Waals surface area (Å²) in [4.78, 5) is 8.07. The van der Waals surface area contributed by atoms with Crippen LogP contribution in [-0.2, 0) is 20.2 Å². The van der Waals surface area contributed by atoms with Crippen LogP contribution in [0.15, 0.2) is 34.1 Å². The fraction of sp³-hybridized carbons (Fsp3) is 0.0909. The molecule has 0 heterocycles. The van der Waals surface area contributed by atoms with Crippen molar-refractivity contribution in [1.29, 1.82) is 0 Å². The van der Waals surface area contributed by atoms with E-state index in [1.165, 1.54) is 13.0 Å². The molecule has 0 aliphatic carbocycles. The molecule has 2 rings (SSSR count). The molecule has 0 N–H and O–H groups in total. The summed E-state index contributed by atoms with van der Waals surface area (Å²) in [5.74, 6) is 0. The predicted molar refractivity (Wildman–Crippen MR) is 71.3 cm³/mol. The van der Waals surface area contributed by atoms with Gasteiger partial charge in [0.05, 0.1) is 14.7 Å². The summed E-state index contributed by atoms with van der Waals surface area (Å²) >= 11 is 0. The van der Waals surface area contributed by atoms with Crippen LogP contribution in [0.5, 0.6) is 0 Å². The Balaban J connectivity index is 0.00000264. The minimum absolute atomic E-state index is 0. The van der Waals surface area contributed by atoms with Crippen molar-refractivity contribution in [3.05, 3.63) is 39.9 Å². The van der Waals surface area contributed by atoms with Gasteiger partial charge in [0.1, 0.15) is 20.2 Å². The van der Waals surface area contributed by atoms with Crippen molar-refractivity contribution in [3.8, 4) is 0 Å². The van der Waals surface area contributed by atoms with Gasteiger partial charge in [0.15, 0.2) is 0 Å². The summed E-state index contributed by atoms with van der Waals surface area (Å²) in [5.41, 5.74) is -0.601. The number of non-ortho nitro benzene ring substituents is 1. The first-order valence-electron chi connectivity index (χ1n) is 5.56. The van der Waals surface area contributed by atoms with Crippen LogP contribution in [0.25, 0.3) is 10.8 Å². The van der Waals surface area contributed by atoms with Crippen LogP contribution in [0.3, 0.4) is 0 Å². The summed E-state index contributed by atoms with van der Waals surface area (Å²) in [6.07, 6.45) is 0. The molecule has 0 radical (unpaired) electrons. The third kappa shape index (κ3) is 4.60. The van der Waals surface area contributed by atoms with E-state index in [0.29, 0.717) is 6.07 Å². The normalized spacial score (nSPS) is 11.5. The molecular weight excluding hydrogens is 352 g/mol. The summed E-state index contributed by atoms with van der Waals surface area (Å²) < 4.78 is 67.7. The Morgan fingerprint density at radius 3 is 1.67 bits per heavy atom. The van der Waals surface area contributed by atoms with Crippen molar-refractivity contribution in [2.45, 2.75) is 16.7 Å². The van der Waals surface area contributed by atoms with Gasteiger partial charge in [-0.25, -0.2) is 16.8 Å². The van der Waals surface area contributed by atoms with Gasteiger partial charge in [-0.3, -0.25) is 10.1 Å². The number of hydrogen-bond donors (Lipinski definition) is 0. The Hall–Kier alpha value is -0.885. The van der Waals surface area contributed by atoms with Gasteiger partial charge in [0.25, 0.3) is 5.69 Å². The van der Waals surface area contributed by atoms with E-state index in [2.05, 4.69) is 0 Å². The van der Waals surface area contributed by atoms with Crippen molar-refractivity contribution in [2.75, 3.05) is 0 Å². The molecule has 2 aromatic carbocycles. The van der Waals surface area contributed by atoms with E-state index < -0.39 is 46.0 Å². The average Bonchev–Trinajstić information content (AvgIpc) is 2.33. The van der Waals surface area contributed by atoms with Crippen LogP contribution in [0, 0.1) is 17.0 Å². The number of fused-ring (bicyclic) bond motifs is 1. The number of benzene rings is 2. The van der Waals surface area contributed by atoms with Gasteiger partial charge in [-0.15, -0.1) is 0 Å². The molecule has 0 aromatic heterocycles. The van der Waals surface area contributed by atoms with E-state index in [-0.39, 0.29) is 48.7 Å². The maximum absolute atomic E-state index is 11.3. The van der Waals surface area contributed by atoms with Gasteiger partial charge >= 0.3 is 37.7 Å². The van der Waals surface area contributed by atoms with Crippen molar-refractivity contribution < 1.29 is 68.6 Å². The largest absolute Gasteiger partial charge is 1.00 e. The number of rotatable bonds is 3. The van der Waals surface area contributed by atoms with E-state index >= 15 is 0 Å². The number of nitrogens with zero attached hydrogens (tertiary/aromatic N) is 1. The first-order valence-corrected chi connectivity index (χ1v) is 8.37. The van der Waals surface area contributed by atoms with Crippen molar-refractivity contribution >= 4 is 36.7 Å². The third-order valence-corrected chi connectivity index (χ3v) is 4.63. The molecule has 118 valence electrons. The zero-order valence-electron chi connectivity index (χ0n) is 12.8. The molecule has 24 heavy (non-hydrogen) atoms. The van der Waals surface area contributed by atoms with Crippen LogP contribution >= 0.6 is 0 Å². The van der Waals surface area contributed by atoms with Crippen LogP contribution in [0.2, 0.25) is 0 Å². The summed E-state index contributed by atoms with van der Waals surface area (Å²) in [6.45, 7) is 1.39. The molecule has 0 spiro atoms. The van der Waals surface area contributed by atoms with Gasteiger partial charge in [-0.1, -0.05) is 6.07 Å². The molecule has 0 unspecified atom stereocenters. The van der Waals surface area contributed by atoms with Crippen LogP contribution < -0.4 is 37.7 Å². The second-order valence-electron chi connectivity index (χ2n) is 4.47. The maximum atomic E-state index is 11.3. The van der Waals surface area contributed by atoms with Crippen molar-refractivity contribution in [1.82, 2.24) is 0 Å². The number of nitro benzene ring substituents is 1. The fourth-order valence-electron chi connectivity index (χ4n) is 2.04. The van der Waals surface area contributed by atoms with Gasteiger partial charge in [-0.05, 0) is 18.6 Å². The standard InChI is InChI=1S/C11H9NO8S2.2Li/c1-6-2-8-9(10(3-6)21(15,16)17)4-7(12(13)14)5-11(8)22(18,19)20;;/h2-5H,1H3,(H,15,16,17)(H,18,19,20);;/q;2*+1/p-2. The Morgan fingerprint density at radius 2 is 1.25 bits per heavy atom. The van der Waals surface area contributed by atoms with Crippen LogP contribution in [0.1, 0.15) is 5.56 Å². The maximum Gasteiger partial charge on any atom is 1.00 e. The van der Waals surface area contributed by atoms with Crippen LogP contribution in [-0.4, -0.2) is 30.9 Å². The summed E-state index contributed by atoms with van der Waals surface area (Å²) in [7, 11) is -10.1. The van der Waals surface area contributed by atoms with Crippen LogP contribution in [0.4, 0.5) is 5.69 Å². The Labute approximate surface area is 161 Å². The smallest absolute Gasteiger partial charge is 0.744 e. The van der Waals surface area contributed by atoms with E-state index in [0.717, 1.165) is 12.1 Å². The Morgan fingerprint density at radius 1 is 0.833 bits per heavy atom. The second kappa shape index (κ2) is 7.56. The number of nitro groups is 1. The summed E-state index contributed by atoms with van der Waals surface area (Å²) in [6, 6.07) is 3.40. The summed E-state index contributed by atoms with van der Waals surface area (Å²) in [5, 5.41) is 10.00. The quantitative estimate of drug-likeness (QED) is 0.228. The van der Waals surface area contributed by atoms with Gasteiger partial charge in [-0.2, -0.15) is 0 Å². The van der Waals surface area contributed by atoms with E-state index in [1.807, 2.05) is 0 Å². The molecule has 0 atom stereocenters. The Kier molecular flexibility index (Phi) is 7.28. The zero-order valence-corrected chi connectivity index (χ0v) is 14.5. The predicted octanol–water partition coefficient (Wildman–Crippen LogP) is -5.13. The molecule has 2 aromatic rings. The van der Waals surface area contributed by atoms with Gasteiger partial charge in [0, 0.05) is 22.9 Å². The minimum atomic E-state index is -5.12. The van der Waals surface area contributed by atoms with E-state index in [9.17, 15) is 36.1 Å². The number of hydrogen-bond acceptors (Lipinski definition) is 8. The molecule has 0 saturated carbocycles. The monoisotopic (exact) mass is 359 g/mol. The molecule has 0 aliphatic rings. The first kappa shape index (κ1) is 23.1. The molecule has 0 amide bonds. The first-order chi connectivity index (χ1) is 9.91. The Bertz CT molecular complexity index is 1020. The SMILES string of the molecule is Cc1cc(S(=O)(=O)[O-])c2cc([N+](=O)[O-])cc(S(=O)(=O)[O-])c2c1.[Li+].[Li+]. The van der Waals surface area contributed by atoms with Gasteiger partial charge in [0.2, 0.25) is 0 Å². The molecule has 0 bridgehead atoms. The average molecular weight is 359 g/mol. The molecule has 0 saturated heterocycles. The third-order valence-electron chi connectivity index (χ3n) is 2.87. The van der Waals surface area contributed by atoms with E-state index in [1.54, 1.807) is 0 Å². The van der Waals surface area contributed by atoms with Gasteiger partial charge < -0.3 is 9.11 Å². The van der Waals surface area contributed by atoms with Crippen molar-refractivity contribution in [3.63, 3.8) is 0 Å². The fourth-order valence-corrected chi connectivity index (χ4v) is 3.51. The molecule has 9 nitrogen and oxygen atoms in total. The second-order valence-corrected chi connectivity index (χ2v) is 7.16. The van der Waals surface area contributed by atoms with E-state index in [4.69, 9.17) is 0 Å². The number of aryl methyl sites for hydroxylation is 1. The molecule has 13 heteroatoms. The molecular formula is C11H7Li2NO8S2.